The van der Waals surface area contributed by atoms with Gasteiger partial charge in [0.1, 0.15) is 11.6 Å². The Morgan fingerprint density at radius 3 is 1.97 bits per heavy atom. The van der Waals surface area contributed by atoms with Crippen LogP contribution in [0.3, 0.4) is 0 Å². The number of benzene rings is 3. The van der Waals surface area contributed by atoms with Crippen molar-refractivity contribution in [3.8, 4) is 0 Å². The minimum Gasteiger partial charge on any atom is -0.351 e. The van der Waals surface area contributed by atoms with Crippen molar-refractivity contribution in [1.82, 2.24) is 10.6 Å². The molecule has 2 unspecified atom stereocenters. The largest absolute Gasteiger partial charge is 0.351 e. The highest BCUT2D eigenvalue weighted by Crippen LogP contribution is 2.17. The summed E-state index contributed by atoms with van der Waals surface area (Å²) >= 11 is 0. The minimum absolute atomic E-state index is 0.108. The maximum absolute atomic E-state index is 13.0. The molecule has 3 N–H and O–H groups in total. The normalized spacial score (nSPS) is 12.6. The molecule has 0 aliphatic heterocycles. The predicted molar refractivity (Wildman–Crippen MR) is 120 cm³/mol. The zero-order chi connectivity index (χ0) is 23.1. The molecule has 7 heteroatoms. The molecule has 3 rings (SSSR count). The summed E-state index contributed by atoms with van der Waals surface area (Å²) in [6, 6.07) is 18.0. The Bertz CT molecular complexity index is 1050. The highest BCUT2D eigenvalue weighted by Gasteiger charge is 2.16. The van der Waals surface area contributed by atoms with Crippen LogP contribution in [0.1, 0.15) is 41.4 Å². The van der Waals surface area contributed by atoms with E-state index in [0.717, 1.165) is 11.1 Å². The number of hydrogen-bond donors (Lipinski definition) is 3. The fraction of sp³-hybridized carbons (Fsp3) is 0.200. The molecular weight excluding hydrogens is 412 g/mol. The molecule has 3 aromatic rings. The van der Waals surface area contributed by atoms with Gasteiger partial charge in [-0.2, -0.15) is 0 Å². The van der Waals surface area contributed by atoms with Gasteiger partial charge in [0, 0.05) is 23.8 Å². The first kappa shape index (κ1) is 23.1. The van der Waals surface area contributed by atoms with E-state index >= 15 is 0 Å². The van der Waals surface area contributed by atoms with Gasteiger partial charge in [0.2, 0.25) is 5.91 Å². The van der Waals surface area contributed by atoms with Crippen LogP contribution in [0.4, 0.5) is 14.5 Å². The molecule has 0 aliphatic carbocycles. The number of carbonyl (C=O) groups is 2. The molecule has 0 radical (unpaired) electrons. The zero-order valence-electron chi connectivity index (χ0n) is 17.9. The Morgan fingerprint density at radius 1 is 0.812 bits per heavy atom. The Kier molecular flexibility index (Phi) is 7.68. The SMILES string of the molecule is CC(NC(C)c1ccc(NC(=O)c2ccc(F)cc2)cc1)C(=O)NCc1ccc(F)cc1. The molecule has 3 aromatic carbocycles. The van der Waals surface area contributed by atoms with Gasteiger partial charge in [0.15, 0.2) is 0 Å². The third-order valence-corrected chi connectivity index (χ3v) is 5.05. The van der Waals surface area contributed by atoms with E-state index in [-0.39, 0.29) is 23.7 Å². The predicted octanol–water partition coefficient (Wildman–Crippen LogP) is 4.57. The van der Waals surface area contributed by atoms with Gasteiger partial charge in [-0.3, -0.25) is 14.9 Å². The van der Waals surface area contributed by atoms with E-state index < -0.39 is 11.9 Å². The fourth-order valence-electron chi connectivity index (χ4n) is 3.15. The second-order valence-corrected chi connectivity index (χ2v) is 7.54. The smallest absolute Gasteiger partial charge is 0.255 e. The minimum atomic E-state index is -0.441. The van der Waals surface area contributed by atoms with Crippen LogP contribution in [0, 0.1) is 11.6 Å². The summed E-state index contributed by atoms with van der Waals surface area (Å²) in [6.07, 6.45) is 0. The first-order valence-corrected chi connectivity index (χ1v) is 10.3. The molecule has 32 heavy (non-hydrogen) atoms. The quantitative estimate of drug-likeness (QED) is 0.483. The Hall–Kier alpha value is -3.58. The van der Waals surface area contributed by atoms with Crippen LogP contribution >= 0.6 is 0 Å². The molecule has 2 amide bonds. The van der Waals surface area contributed by atoms with Crippen LogP contribution in [0.15, 0.2) is 72.8 Å². The van der Waals surface area contributed by atoms with E-state index in [1.165, 1.54) is 36.4 Å². The van der Waals surface area contributed by atoms with Crippen molar-refractivity contribution in [3.05, 3.63) is 101 Å². The topological polar surface area (TPSA) is 70.2 Å². The molecule has 5 nitrogen and oxygen atoms in total. The average molecular weight is 437 g/mol. The monoisotopic (exact) mass is 437 g/mol. The molecule has 0 aliphatic rings. The van der Waals surface area contributed by atoms with Crippen molar-refractivity contribution < 1.29 is 18.4 Å². The molecule has 0 fully saturated rings. The third kappa shape index (κ3) is 6.46. The lowest BCUT2D eigenvalue weighted by Crippen LogP contribution is -2.42. The van der Waals surface area contributed by atoms with E-state index in [1.54, 1.807) is 31.2 Å². The molecule has 0 spiro atoms. The summed E-state index contributed by atoms with van der Waals surface area (Å²) in [4.78, 5) is 24.6. The van der Waals surface area contributed by atoms with Crippen LogP contribution in [0.5, 0.6) is 0 Å². The number of amides is 2. The molecule has 0 aromatic heterocycles. The van der Waals surface area contributed by atoms with Gasteiger partial charge in [-0.25, -0.2) is 8.78 Å². The molecule has 166 valence electrons. The van der Waals surface area contributed by atoms with Crippen LogP contribution in [-0.4, -0.2) is 17.9 Å². The lowest BCUT2D eigenvalue weighted by Gasteiger charge is -2.20. The van der Waals surface area contributed by atoms with Gasteiger partial charge >= 0.3 is 0 Å². The number of anilines is 1. The van der Waals surface area contributed by atoms with Gasteiger partial charge in [0.25, 0.3) is 5.91 Å². The summed E-state index contributed by atoms with van der Waals surface area (Å²) in [5.41, 5.74) is 2.74. The number of hydrogen-bond acceptors (Lipinski definition) is 3. The second-order valence-electron chi connectivity index (χ2n) is 7.54. The number of nitrogens with one attached hydrogen (secondary N) is 3. The maximum atomic E-state index is 13.0. The van der Waals surface area contributed by atoms with Crippen molar-refractivity contribution in [1.29, 1.82) is 0 Å². The van der Waals surface area contributed by atoms with E-state index in [9.17, 15) is 18.4 Å². The van der Waals surface area contributed by atoms with Gasteiger partial charge in [-0.05, 0) is 73.5 Å². The number of rotatable bonds is 8. The maximum Gasteiger partial charge on any atom is 0.255 e. The summed E-state index contributed by atoms with van der Waals surface area (Å²) in [7, 11) is 0. The Morgan fingerprint density at radius 2 is 1.38 bits per heavy atom. The van der Waals surface area contributed by atoms with Crippen LogP contribution < -0.4 is 16.0 Å². The van der Waals surface area contributed by atoms with E-state index in [4.69, 9.17) is 0 Å². The summed E-state index contributed by atoms with van der Waals surface area (Å²) in [6.45, 7) is 4.03. The lowest BCUT2D eigenvalue weighted by atomic mass is 10.1. The first-order valence-electron chi connectivity index (χ1n) is 10.3. The standard InChI is InChI=1S/C25H25F2N3O2/c1-16(29-17(2)24(31)28-15-18-3-9-21(26)10-4-18)19-7-13-23(14-8-19)30-25(32)20-5-11-22(27)12-6-20/h3-14,16-17,29H,15H2,1-2H3,(H,28,31)(H,30,32). The molecule has 0 bridgehead atoms. The summed E-state index contributed by atoms with van der Waals surface area (Å²) in [5.74, 6) is -1.20. The molecule has 0 heterocycles. The summed E-state index contributed by atoms with van der Waals surface area (Å²) in [5, 5.41) is 8.84. The van der Waals surface area contributed by atoms with Crippen LogP contribution in [0.2, 0.25) is 0 Å². The van der Waals surface area contributed by atoms with E-state index in [0.29, 0.717) is 17.8 Å². The van der Waals surface area contributed by atoms with Gasteiger partial charge in [-0.15, -0.1) is 0 Å². The van der Waals surface area contributed by atoms with Crippen molar-refractivity contribution in [2.45, 2.75) is 32.5 Å². The van der Waals surface area contributed by atoms with Crippen LogP contribution in [-0.2, 0) is 11.3 Å². The first-order chi connectivity index (χ1) is 15.3. The molecular formula is C25H25F2N3O2. The Balaban J connectivity index is 1.50. The van der Waals surface area contributed by atoms with E-state index in [1.807, 2.05) is 19.1 Å². The highest BCUT2D eigenvalue weighted by atomic mass is 19.1. The molecule has 0 saturated heterocycles. The second kappa shape index (κ2) is 10.6. The average Bonchev–Trinajstić information content (AvgIpc) is 2.79. The van der Waals surface area contributed by atoms with Crippen molar-refractivity contribution in [3.63, 3.8) is 0 Å². The molecule has 2 atom stereocenters. The summed E-state index contributed by atoms with van der Waals surface area (Å²) < 4.78 is 26.0. The lowest BCUT2D eigenvalue weighted by molar-refractivity contribution is -0.123. The van der Waals surface area contributed by atoms with Crippen molar-refractivity contribution >= 4 is 17.5 Å². The van der Waals surface area contributed by atoms with Crippen molar-refractivity contribution in [2.24, 2.45) is 0 Å². The van der Waals surface area contributed by atoms with Gasteiger partial charge in [0.05, 0.1) is 6.04 Å². The number of halogens is 2. The third-order valence-electron chi connectivity index (χ3n) is 5.05. The molecule has 0 saturated carbocycles. The van der Waals surface area contributed by atoms with Crippen LogP contribution in [0.25, 0.3) is 0 Å². The zero-order valence-corrected chi connectivity index (χ0v) is 17.9. The van der Waals surface area contributed by atoms with Gasteiger partial charge in [-0.1, -0.05) is 24.3 Å². The van der Waals surface area contributed by atoms with Gasteiger partial charge < -0.3 is 10.6 Å². The van der Waals surface area contributed by atoms with E-state index in [2.05, 4.69) is 16.0 Å². The van der Waals surface area contributed by atoms with Crippen molar-refractivity contribution in [2.75, 3.05) is 5.32 Å². The number of carbonyl (C=O) groups excluding carboxylic acids is 2. The Labute approximate surface area is 185 Å². The highest BCUT2D eigenvalue weighted by molar-refractivity contribution is 6.04. The fourth-order valence-corrected chi connectivity index (χ4v) is 3.15.